The molecule has 0 radical (unpaired) electrons. The first-order valence-electron chi connectivity index (χ1n) is 7.29. The molecule has 0 nitrogen and oxygen atoms in total. The van der Waals surface area contributed by atoms with Crippen molar-refractivity contribution in [3.8, 4) is 0 Å². The summed E-state index contributed by atoms with van der Waals surface area (Å²) >= 11 is 0. The molecule has 0 spiro atoms. The van der Waals surface area contributed by atoms with E-state index in [1.165, 1.54) is 57.8 Å². The van der Waals surface area contributed by atoms with Gasteiger partial charge in [-0.1, -0.05) is 69.2 Å². The molecule has 0 saturated carbocycles. The second kappa shape index (κ2) is 6.27. The van der Waals surface area contributed by atoms with Crippen LogP contribution in [-0.2, 0) is 0 Å². The Balaban J connectivity index is 1.48. The topological polar surface area (TPSA) is 0 Å². The Morgan fingerprint density at radius 1 is 1.00 bits per heavy atom. The normalized spacial score (nSPS) is 26.4. The van der Waals surface area contributed by atoms with Crippen molar-refractivity contribution in [1.82, 2.24) is 0 Å². The van der Waals surface area contributed by atoms with E-state index in [0.717, 1.165) is 11.8 Å². The summed E-state index contributed by atoms with van der Waals surface area (Å²) in [6, 6.07) is 0. The van der Waals surface area contributed by atoms with E-state index in [9.17, 15) is 0 Å². The Morgan fingerprint density at radius 3 is 2.38 bits per heavy atom. The Hall–Kier alpha value is -0.520. The predicted molar refractivity (Wildman–Crippen MR) is 71.4 cm³/mol. The minimum Gasteiger partial charge on any atom is -0.0810 e. The van der Waals surface area contributed by atoms with Gasteiger partial charge >= 0.3 is 0 Å². The van der Waals surface area contributed by atoms with Gasteiger partial charge in [0.1, 0.15) is 0 Å². The number of hydrogen-bond donors (Lipinski definition) is 0. The average molecular weight is 218 g/mol. The lowest BCUT2D eigenvalue weighted by Crippen LogP contribution is -1.93. The van der Waals surface area contributed by atoms with Crippen LogP contribution in [0, 0.1) is 11.8 Å². The van der Waals surface area contributed by atoms with Gasteiger partial charge in [0.05, 0.1) is 0 Å². The van der Waals surface area contributed by atoms with Gasteiger partial charge < -0.3 is 0 Å². The van der Waals surface area contributed by atoms with Crippen LogP contribution < -0.4 is 0 Å². The van der Waals surface area contributed by atoms with Crippen molar-refractivity contribution in [2.75, 3.05) is 0 Å². The zero-order chi connectivity index (χ0) is 11.2. The molecular formula is C16H26. The van der Waals surface area contributed by atoms with Crippen LogP contribution in [-0.4, -0.2) is 0 Å². The zero-order valence-electron chi connectivity index (χ0n) is 10.8. The second-order valence-electron chi connectivity index (χ2n) is 5.50. The van der Waals surface area contributed by atoms with Gasteiger partial charge in [0.2, 0.25) is 0 Å². The van der Waals surface area contributed by atoms with Gasteiger partial charge in [-0.25, -0.2) is 0 Å². The molecule has 2 bridgehead atoms. The van der Waals surface area contributed by atoms with E-state index in [1.807, 2.05) is 0 Å². The molecule has 2 aliphatic rings. The molecule has 0 aliphatic heterocycles. The lowest BCUT2D eigenvalue weighted by molar-refractivity contribution is 0.580. The van der Waals surface area contributed by atoms with Crippen molar-refractivity contribution >= 4 is 0 Å². The van der Waals surface area contributed by atoms with Gasteiger partial charge in [-0.05, 0) is 31.1 Å². The molecule has 0 fully saturated rings. The fraction of sp³-hybridized carbons (Fsp3) is 0.750. The van der Waals surface area contributed by atoms with Crippen LogP contribution in [0.1, 0.15) is 64.7 Å². The van der Waals surface area contributed by atoms with Crippen molar-refractivity contribution in [3.63, 3.8) is 0 Å². The average Bonchev–Trinajstić information content (AvgIpc) is 2.90. The lowest BCUT2D eigenvalue weighted by atomic mass is 9.97. The van der Waals surface area contributed by atoms with Crippen molar-refractivity contribution in [3.05, 3.63) is 23.8 Å². The van der Waals surface area contributed by atoms with Gasteiger partial charge in [-0.15, -0.1) is 0 Å². The predicted octanol–water partition coefficient (Wildman–Crippen LogP) is 5.26. The molecular weight excluding hydrogens is 192 g/mol. The first-order chi connectivity index (χ1) is 7.90. The minimum absolute atomic E-state index is 0.810. The molecule has 0 aromatic carbocycles. The summed E-state index contributed by atoms with van der Waals surface area (Å²) < 4.78 is 0. The molecule has 2 rings (SSSR count). The van der Waals surface area contributed by atoms with Crippen molar-refractivity contribution in [1.29, 1.82) is 0 Å². The SMILES string of the molecule is CCCCCCCCCC1=CC2C=CC1C2. The highest BCUT2D eigenvalue weighted by Gasteiger charge is 2.26. The quantitative estimate of drug-likeness (QED) is 0.385. The van der Waals surface area contributed by atoms with E-state index in [-0.39, 0.29) is 0 Å². The molecule has 0 aromatic rings. The Labute approximate surface area is 101 Å². The summed E-state index contributed by atoms with van der Waals surface area (Å²) in [7, 11) is 0. The number of rotatable bonds is 8. The summed E-state index contributed by atoms with van der Waals surface area (Å²) in [6.07, 6.45) is 20.1. The number of unbranched alkanes of at least 4 members (excludes halogenated alkanes) is 6. The molecule has 2 atom stereocenters. The Kier molecular flexibility index (Phi) is 4.69. The molecule has 2 aliphatic carbocycles. The zero-order valence-corrected chi connectivity index (χ0v) is 10.8. The standard InChI is InChI=1S/C16H26/c1-2-3-4-5-6-7-8-9-15-12-14-10-11-16(15)13-14/h10-12,14,16H,2-9,13H2,1H3. The minimum atomic E-state index is 0.810. The van der Waals surface area contributed by atoms with Crippen molar-refractivity contribution in [2.24, 2.45) is 11.8 Å². The Bertz CT molecular complexity index is 259. The highest BCUT2D eigenvalue weighted by atomic mass is 14.3. The molecule has 0 saturated heterocycles. The van der Waals surface area contributed by atoms with E-state index in [1.54, 1.807) is 5.57 Å². The Morgan fingerprint density at radius 2 is 1.75 bits per heavy atom. The van der Waals surface area contributed by atoms with Crippen LogP contribution in [0.25, 0.3) is 0 Å². The van der Waals surface area contributed by atoms with Crippen molar-refractivity contribution in [2.45, 2.75) is 64.7 Å². The molecule has 16 heavy (non-hydrogen) atoms. The van der Waals surface area contributed by atoms with Crippen LogP contribution in [0.3, 0.4) is 0 Å². The summed E-state index contributed by atoms with van der Waals surface area (Å²) in [5.74, 6) is 1.65. The fourth-order valence-corrected chi connectivity index (χ4v) is 3.08. The summed E-state index contributed by atoms with van der Waals surface area (Å²) in [4.78, 5) is 0. The van der Waals surface area contributed by atoms with Gasteiger partial charge in [0, 0.05) is 0 Å². The van der Waals surface area contributed by atoms with E-state index in [4.69, 9.17) is 0 Å². The first-order valence-corrected chi connectivity index (χ1v) is 7.29. The number of allylic oxidation sites excluding steroid dienone is 4. The maximum Gasteiger partial charge on any atom is -0.00143 e. The van der Waals surface area contributed by atoms with Crippen LogP contribution >= 0.6 is 0 Å². The molecule has 0 amide bonds. The third-order valence-electron chi connectivity index (χ3n) is 4.09. The lowest BCUT2D eigenvalue weighted by Gasteiger charge is -2.09. The molecule has 0 heterocycles. The van der Waals surface area contributed by atoms with Gasteiger partial charge in [-0.3, -0.25) is 0 Å². The molecule has 0 aromatic heterocycles. The third-order valence-corrected chi connectivity index (χ3v) is 4.09. The molecule has 2 unspecified atom stereocenters. The fourth-order valence-electron chi connectivity index (χ4n) is 3.08. The van der Waals surface area contributed by atoms with Crippen LogP contribution in [0.2, 0.25) is 0 Å². The van der Waals surface area contributed by atoms with E-state index in [2.05, 4.69) is 25.2 Å². The summed E-state index contributed by atoms with van der Waals surface area (Å²) in [5.41, 5.74) is 1.75. The maximum absolute atomic E-state index is 2.53. The van der Waals surface area contributed by atoms with Crippen molar-refractivity contribution < 1.29 is 0 Å². The molecule has 90 valence electrons. The van der Waals surface area contributed by atoms with Crippen LogP contribution in [0.5, 0.6) is 0 Å². The van der Waals surface area contributed by atoms with Crippen LogP contribution in [0.15, 0.2) is 23.8 Å². The monoisotopic (exact) mass is 218 g/mol. The van der Waals surface area contributed by atoms with E-state index in [0.29, 0.717) is 0 Å². The van der Waals surface area contributed by atoms with E-state index < -0.39 is 0 Å². The second-order valence-corrected chi connectivity index (χ2v) is 5.50. The molecule has 0 heteroatoms. The third kappa shape index (κ3) is 3.23. The first kappa shape index (κ1) is 12.0. The van der Waals surface area contributed by atoms with E-state index >= 15 is 0 Å². The summed E-state index contributed by atoms with van der Waals surface area (Å²) in [5, 5.41) is 0. The van der Waals surface area contributed by atoms with Crippen LogP contribution in [0.4, 0.5) is 0 Å². The number of hydrogen-bond acceptors (Lipinski definition) is 0. The number of fused-ring (bicyclic) bond motifs is 2. The summed E-state index contributed by atoms with van der Waals surface area (Å²) in [6.45, 7) is 2.29. The highest BCUT2D eigenvalue weighted by Crippen LogP contribution is 2.40. The maximum atomic E-state index is 2.53. The largest absolute Gasteiger partial charge is 0.0810 e. The molecule has 0 N–H and O–H groups in total. The van der Waals surface area contributed by atoms with Gasteiger partial charge in [0.15, 0.2) is 0 Å². The highest BCUT2D eigenvalue weighted by molar-refractivity contribution is 5.29. The smallest absolute Gasteiger partial charge is 0.00143 e. The van der Waals surface area contributed by atoms with Gasteiger partial charge in [0.25, 0.3) is 0 Å². The van der Waals surface area contributed by atoms with Gasteiger partial charge in [-0.2, -0.15) is 0 Å².